The number of carbonyl (C=O) groups is 2. The third-order valence-electron chi connectivity index (χ3n) is 4.94. The van der Waals surface area contributed by atoms with E-state index < -0.39 is 11.9 Å². The van der Waals surface area contributed by atoms with Crippen LogP contribution in [0.15, 0.2) is 24.3 Å². The van der Waals surface area contributed by atoms with E-state index in [9.17, 15) is 9.59 Å². The highest BCUT2D eigenvalue weighted by Crippen LogP contribution is 2.34. The summed E-state index contributed by atoms with van der Waals surface area (Å²) in [6.45, 7) is 4.07. The van der Waals surface area contributed by atoms with Gasteiger partial charge in [0.1, 0.15) is 13.2 Å². The first kappa shape index (κ1) is 25.7. The Hall–Kier alpha value is -2.92. The average molecular weight is 478 g/mol. The van der Waals surface area contributed by atoms with Gasteiger partial charge in [0.25, 0.3) is 0 Å². The van der Waals surface area contributed by atoms with Crippen molar-refractivity contribution in [2.75, 3.05) is 80.3 Å². The van der Waals surface area contributed by atoms with Crippen molar-refractivity contribution < 1.29 is 47.5 Å². The lowest BCUT2D eigenvalue weighted by molar-refractivity contribution is -0.00840. The Balaban J connectivity index is 1.87. The summed E-state index contributed by atoms with van der Waals surface area (Å²) in [5.41, 5.74) is 0.198. The van der Waals surface area contributed by atoms with E-state index >= 15 is 0 Å². The fraction of sp³-hybridized carbons (Fsp3) is 0.500. The fourth-order valence-corrected chi connectivity index (χ4v) is 3.27. The first-order chi connectivity index (χ1) is 16.6. The zero-order valence-electron chi connectivity index (χ0n) is 19.5. The Bertz CT molecular complexity index is 882. The van der Waals surface area contributed by atoms with Gasteiger partial charge in [-0.1, -0.05) is 0 Å². The summed E-state index contributed by atoms with van der Waals surface area (Å²) in [5, 5.41) is 1.33. The summed E-state index contributed by atoms with van der Waals surface area (Å²) in [7, 11) is 2.50. The van der Waals surface area contributed by atoms with Gasteiger partial charge >= 0.3 is 11.9 Å². The number of methoxy groups -OCH3 is 2. The number of ether oxygens (including phenoxy) is 8. The molecule has 0 amide bonds. The molecule has 3 rings (SSSR count). The molecule has 10 heteroatoms. The quantitative estimate of drug-likeness (QED) is 0.597. The third kappa shape index (κ3) is 7.29. The molecule has 0 unspecified atom stereocenters. The Morgan fingerprint density at radius 2 is 0.882 bits per heavy atom. The second kappa shape index (κ2) is 13.7. The van der Waals surface area contributed by atoms with Crippen LogP contribution in [0.5, 0.6) is 11.5 Å². The lowest BCUT2D eigenvalue weighted by atomic mass is 10.00. The second-order valence-corrected chi connectivity index (χ2v) is 7.17. The maximum atomic E-state index is 12.3. The van der Waals surface area contributed by atoms with E-state index in [1.54, 1.807) is 24.3 Å². The van der Waals surface area contributed by atoms with Gasteiger partial charge in [0, 0.05) is 0 Å². The Morgan fingerprint density at radius 1 is 0.559 bits per heavy atom. The predicted octanol–water partition coefficient (Wildman–Crippen LogP) is 2.25. The molecule has 0 radical (unpaired) electrons. The Labute approximate surface area is 197 Å². The molecule has 2 aromatic carbocycles. The molecule has 0 bridgehead atoms. The number of benzene rings is 2. The number of rotatable bonds is 2. The van der Waals surface area contributed by atoms with E-state index in [1.165, 1.54) is 14.2 Å². The van der Waals surface area contributed by atoms with E-state index in [4.69, 9.17) is 37.9 Å². The second-order valence-electron chi connectivity index (χ2n) is 7.17. The van der Waals surface area contributed by atoms with Crippen molar-refractivity contribution in [2.45, 2.75) is 0 Å². The molecule has 10 nitrogen and oxygen atoms in total. The van der Waals surface area contributed by atoms with Crippen LogP contribution in [0.25, 0.3) is 10.8 Å². The van der Waals surface area contributed by atoms with E-state index in [1.807, 2.05) is 0 Å². The highest BCUT2D eigenvalue weighted by atomic mass is 16.6. The van der Waals surface area contributed by atoms with E-state index in [-0.39, 0.29) is 24.3 Å². The molecule has 0 fully saturated rings. The minimum atomic E-state index is -0.644. The van der Waals surface area contributed by atoms with Gasteiger partial charge in [-0.2, -0.15) is 0 Å². The summed E-state index contributed by atoms with van der Waals surface area (Å²) in [5.74, 6) is -0.345. The van der Waals surface area contributed by atoms with E-state index in [2.05, 4.69) is 0 Å². The first-order valence-electron chi connectivity index (χ1n) is 11.0. The van der Waals surface area contributed by atoms with Crippen LogP contribution in [0.2, 0.25) is 0 Å². The van der Waals surface area contributed by atoms with Crippen LogP contribution in [0, 0.1) is 0 Å². The van der Waals surface area contributed by atoms with Crippen LogP contribution < -0.4 is 9.47 Å². The first-order valence-corrected chi connectivity index (χ1v) is 11.0. The van der Waals surface area contributed by atoms with Crippen LogP contribution in [0.1, 0.15) is 20.7 Å². The fourth-order valence-electron chi connectivity index (χ4n) is 3.27. The van der Waals surface area contributed by atoms with Crippen molar-refractivity contribution in [2.24, 2.45) is 0 Å². The number of fused-ring (bicyclic) bond motifs is 2. The summed E-state index contributed by atoms with van der Waals surface area (Å²) in [6.07, 6.45) is 0. The lowest BCUT2D eigenvalue weighted by Gasteiger charge is -2.16. The smallest absolute Gasteiger partial charge is 0.338 e. The molecule has 1 heterocycles. The number of esters is 2. The molecule has 0 saturated carbocycles. The van der Waals surface area contributed by atoms with Crippen molar-refractivity contribution in [3.8, 4) is 11.5 Å². The van der Waals surface area contributed by atoms with Gasteiger partial charge in [0.15, 0.2) is 11.5 Å². The molecule has 0 saturated heterocycles. The molecule has 2 aromatic rings. The normalized spacial score (nSPS) is 16.8. The number of carbonyl (C=O) groups excluding carboxylic acids is 2. The molecule has 0 atom stereocenters. The topological polar surface area (TPSA) is 108 Å². The maximum absolute atomic E-state index is 12.3. The Morgan fingerprint density at radius 3 is 1.21 bits per heavy atom. The monoisotopic (exact) mass is 478 g/mol. The molecule has 1 aliphatic rings. The summed E-state index contributed by atoms with van der Waals surface area (Å²) < 4.78 is 43.4. The van der Waals surface area contributed by atoms with Crippen molar-refractivity contribution >= 4 is 22.7 Å². The molecule has 0 aromatic heterocycles. The van der Waals surface area contributed by atoms with Gasteiger partial charge in [-0.05, 0) is 35.0 Å². The lowest BCUT2D eigenvalue weighted by Crippen LogP contribution is -2.16. The average Bonchev–Trinajstić information content (AvgIpc) is 2.86. The van der Waals surface area contributed by atoms with Crippen LogP contribution in [0.4, 0.5) is 0 Å². The molecule has 0 aliphatic carbocycles. The van der Waals surface area contributed by atoms with Gasteiger partial charge < -0.3 is 37.9 Å². The minimum Gasteiger partial charge on any atom is -0.487 e. The van der Waals surface area contributed by atoms with Crippen molar-refractivity contribution in [1.82, 2.24) is 0 Å². The SMILES string of the molecule is COC(=O)c1cc2cc3c(cc2cc1C(=O)OC)OCCOCCOCCOCCOCCO3. The standard InChI is InChI=1S/C24H30O10/c1-27-23(25)19-13-17-15-21-22(16-18(17)14-20(19)24(26)28-2)34-12-10-32-8-6-30-4-3-29-5-7-31-9-11-33-21/h13-16H,3-12H2,1-2H3. The van der Waals surface area contributed by atoms with Crippen LogP contribution in [-0.2, 0) is 28.4 Å². The zero-order chi connectivity index (χ0) is 24.2. The third-order valence-corrected chi connectivity index (χ3v) is 4.94. The predicted molar refractivity (Wildman–Crippen MR) is 121 cm³/mol. The van der Waals surface area contributed by atoms with Crippen molar-refractivity contribution in [3.63, 3.8) is 0 Å². The van der Waals surface area contributed by atoms with Gasteiger partial charge in [0.05, 0.1) is 78.2 Å². The molecule has 1 aliphatic heterocycles. The summed E-state index contributed by atoms with van der Waals surface area (Å²) in [6, 6.07) is 6.63. The van der Waals surface area contributed by atoms with Gasteiger partial charge in [-0.25, -0.2) is 9.59 Å². The van der Waals surface area contributed by atoms with Gasteiger partial charge in [-0.3, -0.25) is 0 Å². The Kier molecular flexibility index (Phi) is 10.4. The maximum Gasteiger partial charge on any atom is 0.338 e. The van der Waals surface area contributed by atoms with Crippen LogP contribution >= 0.6 is 0 Å². The van der Waals surface area contributed by atoms with Crippen LogP contribution in [0.3, 0.4) is 0 Å². The molecule has 0 spiro atoms. The minimum absolute atomic E-state index is 0.0989. The van der Waals surface area contributed by atoms with Gasteiger partial charge in [-0.15, -0.1) is 0 Å². The number of hydrogen-bond acceptors (Lipinski definition) is 10. The number of hydrogen-bond donors (Lipinski definition) is 0. The largest absolute Gasteiger partial charge is 0.487 e. The highest BCUT2D eigenvalue weighted by molar-refractivity contribution is 6.07. The molecule has 0 N–H and O–H groups in total. The molecular weight excluding hydrogens is 448 g/mol. The molecular formula is C24H30O10. The van der Waals surface area contributed by atoms with Crippen molar-refractivity contribution in [1.29, 1.82) is 0 Å². The summed E-state index contributed by atoms with van der Waals surface area (Å²) in [4.78, 5) is 24.5. The molecule has 34 heavy (non-hydrogen) atoms. The van der Waals surface area contributed by atoms with Crippen LogP contribution in [-0.4, -0.2) is 92.2 Å². The zero-order valence-corrected chi connectivity index (χ0v) is 19.5. The van der Waals surface area contributed by atoms with E-state index in [0.717, 1.165) is 0 Å². The summed E-state index contributed by atoms with van der Waals surface area (Å²) >= 11 is 0. The van der Waals surface area contributed by atoms with E-state index in [0.29, 0.717) is 75.1 Å². The van der Waals surface area contributed by atoms with Gasteiger partial charge in [0.2, 0.25) is 0 Å². The molecule has 186 valence electrons. The van der Waals surface area contributed by atoms with Crippen molar-refractivity contribution in [3.05, 3.63) is 35.4 Å². The highest BCUT2D eigenvalue weighted by Gasteiger charge is 2.21.